The van der Waals surface area contributed by atoms with Gasteiger partial charge in [-0.25, -0.2) is 0 Å². The Hall–Kier alpha value is -1.01. The summed E-state index contributed by atoms with van der Waals surface area (Å²) in [7, 11) is 1.58. The van der Waals surface area contributed by atoms with Gasteiger partial charge in [0, 0.05) is 22.3 Å². The summed E-state index contributed by atoms with van der Waals surface area (Å²) in [6.45, 7) is 4.20. The van der Waals surface area contributed by atoms with Crippen LogP contribution in [-0.2, 0) is 0 Å². The monoisotopic (exact) mass is 410 g/mol. The molecule has 1 aromatic rings. The predicted octanol–water partition coefficient (Wildman–Crippen LogP) is 4.73. The minimum atomic E-state index is -0.222. The lowest BCUT2D eigenvalue weighted by molar-refractivity contribution is 0.0998. The second-order valence-electron chi connectivity index (χ2n) is 6.46. The molecule has 6 heteroatoms. The number of methoxy groups -OCH3 is 1. The number of amides is 1. The lowest BCUT2D eigenvalue weighted by Gasteiger charge is -2.36. The number of hydrogen-bond donors (Lipinski definition) is 0. The van der Waals surface area contributed by atoms with Crippen LogP contribution in [0.4, 0.5) is 0 Å². The van der Waals surface area contributed by atoms with Crippen LogP contribution in [0.15, 0.2) is 27.7 Å². The standard InChI is InChI=1S/C18H23BrN2O2S/c1-3-4-10-21-12-18(8-5-9-18)24-17(21)20-16(22)14-7-6-13(19)11-15(14)23-2/h6-7,11H,3-5,8-10,12H2,1-2H3. The molecule has 1 aromatic carbocycles. The van der Waals surface area contributed by atoms with Crippen LogP contribution in [-0.4, -0.2) is 40.9 Å². The smallest absolute Gasteiger partial charge is 0.283 e. The first kappa shape index (κ1) is 17.8. The van der Waals surface area contributed by atoms with E-state index in [9.17, 15) is 4.79 Å². The molecule has 0 atom stereocenters. The summed E-state index contributed by atoms with van der Waals surface area (Å²) in [5.41, 5.74) is 0.513. The summed E-state index contributed by atoms with van der Waals surface area (Å²) in [5.74, 6) is 0.333. The van der Waals surface area contributed by atoms with Crippen LogP contribution < -0.4 is 4.74 Å². The van der Waals surface area contributed by atoms with E-state index < -0.39 is 0 Å². The van der Waals surface area contributed by atoms with Crippen molar-refractivity contribution in [3.63, 3.8) is 0 Å². The molecule has 0 unspecified atom stereocenters. The highest BCUT2D eigenvalue weighted by atomic mass is 79.9. The fraction of sp³-hybridized carbons (Fsp3) is 0.556. The summed E-state index contributed by atoms with van der Waals surface area (Å²) in [6, 6.07) is 5.42. The van der Waals surface area contributed by atoms with Crippen molar-refractivity contribution in [2.45, 2.75) is 43.8 Å². The van der Waals surface area contributed by atoms with Crippen molar-refractivity contribution in [1.29, 1.82) is 0 Å². The van der Waals surface area contributed by atoms with Gasteiger partial charge < -0.3 is 9.64 Å². The highest BCUT2D eigenvalue weighted by Crippen LogP contribution is 2.50. The Morgan fingerprint density at radius 3 is 2.88 bits per heavy atom. The number of nitrogens with zero attached hydrogens (tertiary/aromatic N) is 2. The van der Waals surface area contributed by atoms with E-state index in [2.05, 4.69) is 32.7 Å². The molecule has 1 saturated heterocycles. The maximum Gasteiger partial charge on any atom is 0.283 e. The van der Waals surface area contributed by atoms with Gasteiger partial charge in [-0.3, -0.25) is 4.79 Å². The molecular weight excluding hydrogens is 388 g/mol. The molecule has 4 nitrogen and oxygen atoms in total. The molecule has 2 aliphatic rings. The topological polar surface area (TPSA) is 41.9 Å². The highest BCUT2D eigenvalue weighted by molar-refractivity contribution is 9.10. The molecule has 1 saturated carbocycles. The quantitative estimate of drug-likeness (QED) is 0.703. The van der Waals surface area contributed by atoms with Gasteiger partial charge in [0.25, 0.3) is 5.91 Å². The molecule has 0 aromatic heterocycles. The van der Waals surface area contributed by atoms with Crippen molar-refractivity contribution >= 4 is 38.8 Å². The van der Waals surface area contributed by atoms with Gasteiger partial charge >= 0.3 is 0 Å². The zero-order chi connectivity index (χ0) is 17.2. The van der Waals surface area contributed by atoms with E-state index in [0.29, 0.717) is 16.1 Å². The van der Waals surface area contributed by atoms with Gasteiger partial charge in [-0.05, 0) is 37.5 Å². The fourth-order valence-corrected chi connectivity index (χ4v) is 5.00. The Balaban J connectivity index is 1.83. The summed E-state index contributed by atoms with van der Waals surface area (Å²) >= 11 is 5.21. The molecule has 2 fully saturated rings. The average molecular weight is 411 g/mol. The zero-order valence-electron chi connectivity index (χ0n) is 14.2. The first-order valence-corrected chi connectivity index (χ1v) is 10.1. The van der Waals surface area contributed by atoms with Crippen molar-refractivity contribution in [2.75, 3.05) is 20.2 Å². The van der Waals surface area contributed by atoms with Gasteiger partial charge in [-0.2, -0.15) is 4.99 Å². The van der Waals surface area contributed by atoms with Crippen LogP contribution in [0, 0.1) is 0 Å². The Bertz CT molecular complexity index is 658. The molecule has 0 bridgehead atoms. The van der Waals surface area contributed by atoms with Crippen LogP contribution in [0.1, 0.15) is 49.4 Å². The van der Waals surface area contributed by atoms with Crippen LogP contribution in [0.25, 0.3) is 0 Å². The largest absolute Gasteiger partial charge is 0.496 e. The Morgan fingerprint density at radius 2 is 2.25 bits per heavy atom. The maximum atomic E-state index is 12.7. The number of amidine groups is 1. The number of halogens is 1. The molecule has 1 aliphatic heterocycles. The summed E-state index contributed by atoms with van der Waals surface area (Å²) in [5, 5.41) is 0.887. The molecule has 3 rings (SSSR count). The van der Waals surface area contributed by atoms with E-state index in [-0.39, 0.29) is 5.91 Å². The predicted molar refractivity (Wildman–Crippen MR) is 103 cm³/mol. The number of rotatable bonds is 5. The van der Waals surface area contributed by atoms with E-state index in [4.69, 9.17) is 4.74 Å². The highest BCUT2D eigenvalue weighted by Gasteiger charge is 2.47. The third kappa shape index (κ3) is 3.64. The van der Waals surface area contributed by atoms with E-state index in [1.165, 1.54) is 19.3 Å². The van der Waals surface area contributed by atoms with Crippen molar-refractivity contribution in [2.24, 2.45) is 4.99 Å². The van der Waals surface area contributed by atoms with Crippen molar-refractivity contribution in [1.82, 2.24) is 4.90 Å². The average Bonchev–Trinajstić information content (AvgIpc) is 2.91. The van der Waals surface area contributed by atoms with Crippen molar-refractivity contribution < 1.29 is 9.53 Å². The SMILES string of the molecule is CCCCN1CC2(CCC2)SC1=NC(=O)c1ccc(Br)cc1OC. The van der Waals surface area contributed by atoms with Crippen LogP contribution in [0.2, 0.25) is 0 Å². The minimum absolute atomic E-state index is 0.222. The number of benzene rings is 1. The number of ether oxygens (including phenoxy) is 1. The molecule has 1 spiro atoms. The Labute approximate surface area is 156 Å². The normalized spacial score (nSPS) is 20.5. The number of unbranched alkanes of at least 4 members (excludes halogenated alkanes) is 1. The van der Waals surface area contributed by atoms with Crippen LogP contribution >= 0.6 is 27.7 Å². The Kier molecular flexibility index (Phi) is 5.55. The van der Waals surface area contributed by atoms with Crippen LogP contribution in [0.3, 0.4) is 0 Å². The van der Waals surface area contributed by atoms with E-state index >= 15 is 0 Å². The number of carbonyl (C=O) groups excluding carboxylic acids is 1. The van der Waals surface area contributed by atoms with Crippen molar-refractivity contribution in [3.8, 4) is 5.75 Å². The number of thioether (sulfide) groups is 1. The first-order chi connectivity index (χ1) is 11.6. The molecule has 1 aliphatic carbocycles. The summed E-state index contributed by atoms with van der Waals surface area (Å²) in [4.78, 5) is 19.5. The summed E-state index contributed by atoms with van der Waals surface area (Å²) in [6.07, 6.45) is 6.03. The van der Waals surface area contributed by atoms with Gasteiger partial charge in [-0.15, -0.1) is 0 Å². The van der Waals surface area contributed by atoms with Gasteiger partial charge in [0.2, 0.25) is 0 Å². The molecule has 0 radical (unpaired) electrons. The number of hydrogen-bond acceptors (Lipinski definition) is 3. The molecular formula is C18H23BrN2O2S. The van der Waals surface area contributed by atoms with Gasteiger partial charge in [0.05, 0.1) is 12.7 Å². The minimum Gasteiger partial charge on any atom is -0.496 e. The number of aliphatic imine (C=N–C) groups is 1. The summed E-state index contributed by atoms with van der Waals surface area (Å²) < 4.78 is 6.52. The van der Waals surface area contributed by atoms with E-state index in [1.54, 1.807) is 31.0 Å². The molecule has 1 amide bonds. The maximum absolute atomic E-state index is 12.7. The van der Waals surface area contributed by atoms with Crippen LogP contribution in [0.5, 0.6) is 5.75 Å². The van der Waals surface area contributed by atoms with Gasteiger partial charge in [0.15, 0.2) is 5.17 Å². The lowest BCUT2D eigenvalue weighted by atomic mass is 9.84. The Morgan fingerprint density at radius 1 is 1.46 bits per heavy atom. The van der Waals surface area contributed by atoms with Gasteiger partial charge in [-0.1, -0.05) is 47.5 Å². The second-order valence-corrected chi connectivity index (χ2v) is 8.81. The lowest BCUT2D eigenvalue weighted by Crippen LogP contribution is -2.38. The number of carbonyl (C=O) groups is 1. The molecule has 0 N–H and O–H groups in total. The van der Waals surface area contributed by atoms with Crippen molar-refractivity contribution in [3.05, 3.63) is 28.2 Å². The molecule has 24 heavy (non-hydrogen) atoms. The fourth-order valence-electron chi connectivity index (χ4n) is 3.14. The van der Waals surface area contributed by atoms with Gasteiger partial charge in [0.1, 0.15) is 5.75 Å². The van der Waals surface area contributed by atoms with E-state index in [0.717, 1.165) is 35.6 Å². The zero-order valence-corrected chi connectivity index (χ0v) is 16.6. The third-order valence-electron chi connectivity index (χ3n) is 4.69. The second kappa shape index (κ2) is 7.48. The third-order valence-corrected chi connectivity index (χ3v) is 6.69. The molecule has 130 valence electrons. The first-order valence-electron chi connectivity index (χ1n) is 8.47. The molecule has 1 heterocycles. The van der Waals surface area contributed by atoms with E-state index in [1.807, 2.05) is 6.07 Å².